The Hall–Kier alpha value is -3.26. The van der Waals surface area contributed by atoms with Crippen molar-refractivity contribution in [2.24, 2.45) is 5.92 Å². The molecule has 2 nitrogen and oxygen atoms in total. The van der Waals surface area contributed by atoms with E-state index in [2.05, 4.69) is 90.3 Å². The third-order valence-electron chi connectivity index (χ3n) is 6.69. The number of fused-ring (bicyclic) bond motifs is 5. The van der Waals surface area contributed by atoms with Crippen LogP contribution < -0.4 is 10.1 Å². The lowest BCUT2D eigenvalue weighted by molar-refractivity contribution is 0.406. The second-order valence-corrected chi connectivity index (χ2v) is 8.16. The van der Waals surface area contributed by atoms with Crippen molar-refractivity contribution in [3.8, 4) is 5.75 Å². The fourth-order valence-electron chi connectivity index (χ4n) is 5.37. The number of ether oxygens (including phenoxy) is 1. The number of hydrogen-bond donors (Lipinski definition) is 1. The molecule has 0 fully saturated rings. The van der Waals surface area contributed by atoms with Crippen LogP contribution in [-0.4, -0.2) is 7.11 Å². The molecule has 0 bridgehead atoms. The summed E-state index contributed by atoms with van der Waals surface area (Å²) in [6.45, 7) is 0. The van der Waals surface area contributed by atoms with Crippen molar-refractivity contribution in [1.29, 1.82) is 0 Å². The molecule has 1 N–H and O–H groups in total. The zero-order valence-electron chi connectivity index (χ0n) is 16.4. The molecule has 1 heterocycles. The lowest BCUT2D eigenvalue weighted by atomic mass is 9.75. The minimum absolute atomic E-state index is 0.270. The number of allylic oxidation sites excluding steroid dienone is 2. The molecule has 29 heavy (non-hydrogen) atoms. The van der Waals surface area contributed by atoms with Crippen LogP contribution in [-0.2, 0) is 0 Å². The average molecular weight is 377 g/mol. The summed E-state index contributed by atoms with van der Waals surface area (Å²) < 4.78 is 5.50. The molecule has 0 amide bonds. The topological polar surface area (TPSA) is 21.3 Å². The van der Waals surface area contributed by atoms with E-state index in [9.17, 15) is 0 Å². The van der Waals surface area contributed by atoms with Gasteiger partial charge in [0.2, 0.25) is 0 Å². The van der Waals surface area contributed by atoms with Gasteiger partial charge in [-0.25, -0.2) is 0 Å². The highest BCUT2D eigenvalue weighted by molar-refractivity contribution is 6.03. The van der Waals surface area contributed by atoms with Crippen LogP contribution in [0.25, 0.3) is 21.5 Å². The molecule has 0 aromatic heterocycles. The van der Waals surface area contributed by atoms with Crippen LogP contribution >= 0.6 is 0 Å². The molecule has 4 aromatic carbocycles. The first-order valence-electron chi connectivity index (χ1n) is 10.3. The summed E-state index contributed by atoms with van der Waals surface area (Å²) in [6, 6.07) is 26.6. The molecule has 0 spiro atoms. The van der Waals surface area contributed by atoms with Gasteiger partial charge in [0.25, 0.3) is 0 Å². The Labute approximate surface area is 170 Å². The first kappa shape index (κ1) is 16.7. The fraction of sp³-hybridized carbons (Fsp3) is 0.185. The van der Waals surface area contributed by atoms with Gasteiger partial charge in [-0.1, -0.05) is 60.7 Å². The summed E-state index contributed by atoms with van der Waals surface area (Å²) >= 11 is 0. The van der Waals surface area contributed by atoms with Gasteiger partial charge in [0.1, 0.15) is 5.75 Å². The van der Waals surface area contributed by atoms with Crippen molar-refractivity contribution in [3.63, 3.8) is 0 Å². The van der Waals surface area contributed by atoms with E-state index in [1.54, 1.807) is 7.11 Å². The molecule has 3 atom stereocenters. The summed E-state index contributed by atoms with van der Waals surface area (Å²) in [6.07, 6.45) is 5.84. The zero-order chi connectivity index (χ0) is 19.4. The molecule has 0 saturated heterocycles. The lowest BCUT2D eigenvalue weighted by Crippen LogP contribution is -2.29. The molecule has 142 valence electrons. The van der Waals surface area contributed by atoms with Crippen LogP contribution in [0.5, 0.6) is 5.75 Å². The maximum absolute atomic E-state index is 5.50. The summed E-state index contributed by atoms with van der Waals surface area (Å²) in [5, 5.41) is 9.25. The maximum Gasteiger partial charge on any atom is 0.119 e. The standard InChI is InChI=1S/C27H23NO/c1-29-19-13-14-25-24(16-19)22-11-6-12-23(22)27(28-25)26-20-9-4-2-7-17(20)15-18-8-3-5-10-21(18)26/h2-11,13-16,22-23,27-28H,12H2,1H3. The van der Waals surface area contributed by atoms with Gasteiger partial charge in [-0.2, -0.15) is 0 Å². The van der Waals surface area contributed by atoms with E-state index in [0.717, 1.165) is 12.2 Å². The van der Waals surface area contributed by atoms with Crippen molar-refractivity contribution in [2.75, 3.05) is 12.4 Å². The molecule has 6 rings (SSSR count). The monoisotopic (exact) mass is 377 g/mol. The first-order chi connectivity index (χ1) is 14.3. The summed E-state index contributed by atoms with van der Waals surface area (Å²) in [7, 11) is 1.74. The lowest BCUT2D eigenvalue weighted by Gasteiger charge is -2.38. The van der Waals surface area contributed by atoms with Crippen LogP contribution in [0.4, 0.5) is 5.69 Å². The summed E-state index contributed by atoms with van der Waals surface area (Å²) in [4.78, 5) is 0. The number of hydrogen-bond acceptors (Lipinski definition) is 2. The molecule has 0 radical (unpaired) electrons. The minimum Gasteiger partial charge on any atom is -0.497 e. The largest absolute Gasteiger partial charge is 0.497 e. The Kier molecular flexibility index (Phi) is 3.67. The molecule has 2 aliphatic rings. The van der Waals surface area contributed by atoms with Gasteiger partial charge in [0.15, 0.2) is 0 Å². The third kappa shape index (κ3) is 2.49. The average Bonchev–Trinajstić information content (AvgIpc) is 3.27. The van der Waals surface area contributed by atoms with Crippen molar-refractivity contribution >= 4 is 27.2 Å². The van der Waals surface area contributed by atoms with E-state index >= 15 is 0 Å². The van der Waals surface area contributed by atoms with Gasteiger partial charge in [-0.05, 0) is 69.3 Å². The predicted octanol–water partition coefficient (Wildman–Crippen LogP) is 6.83. The summed E-state index contributed by atoms with van der Waals surface area (Å²) in [5.74, 6) is 1.85. The maximum atomic E-state index is 5.50. The molecule has 0 saturated carbocycles. The highest BCUT2D eigenvalue weighted by Crippen LogP contribution is 2.52. The molecule has 4 aromatic rings. The van der Waals surface area contributed by atoms with Gasteiger partial charge in [0, 0.05) is 11.6 Å². The van der Waals surface area contributed by atoms with E-state index < -0.39 is 0 Å². The van der Waals surface area contributed by atoms with Crippen LogP contribution in [0.3, 0.4) is 0 Å². The zero-order valence-corrected chi connectivity index (χ0v) is 16.4. The molecule has 3 unspecified atom stereocenters. The SMILES string of the molecule is COc1ccc2c(c1)C1C=CCC1C(c1c3ccccc3cc3ccccc13)N2. The van der Waals surface area contributed by atoms with E-state index in [1.165, 1.54) is 38.4 Å². The highest BCUT2D eigenvalue weighted by atomic mass is 16.5. The first-order valence-corrected chi connectivity index (χ1v) is 10.3. The minimum atomic E-state index is 0.270. The Bertz CT molecular complexity index is 1220. The third-order valence-corrected chi connectivity index (χ3v) is 6.69. The Morgan fingerprint density at radius 3 is 2.31 bits per heavy atom. The van der Waals surface area contributed by atoms with Crippen molar-refractivity contribution in [1.82, 2.24) is 0 Å². The van der Waals surface area contributed by atoms with Crippen LogP contribution in [0.15, 0.2) is 84.9 Å². The molecule has 1 aliphatic heterocycles. The molecule has 2 heteroatoms. The number of nitrogens with one attached hydrogen (secondary N) is 1. The van der Waals surface area contributed by atoms with Gasteiger partial charge in [0.05, 0.1) is 13.2 Å². The van der Waals surface area contributed by atoms with E-state index in [4.69, 9.17) is 4.74 Å². The number of benzene rings is 4. The quantitative estimate of drug-likeness (QED) is 0.305. The van der Waals surface area contributed by atoms with E-state index in [-0.39, 0.29) is 6.04 Å². The second kappa shape index (κ2) is 6.38. The van der Waals surface area contributed by atoms with Crippen LogP contribution in [0, 0.1) is 5.92 Å². The summed E-state index contributed by atoms with van der Waals surface area (Å²) in [5.41, 5.74) is 4.00. The predicted molar refractivity (Wildman–Crippen MR) is 121 cm³/mol. The van der Waals surface area contributed by atoms with Crippen molar-refractivity contribution < 1.29 is 4.74 Å². The fourth-order valence-corrected chi connectivity index (χ4v) is 5.37. The van der Waals surface area contributed by atoms with Gasteiger partial charge in [-0.15, -0.1) is 0 Å². The van der Waals surface area contributed by atoms with E-state index in [0.29, 0.717) is 11.8 Å². The molecular weight excluding hydrogens is 354 g/mol. The van der Waals surface area contributed by atoms with Crippen LogP contribution in [0.1, 0.15) is 29.5 Å². The number of anilines is 1. The molecular formula is C27H23NO. The number of rotatable bonds is 2. The second-order valence-electron chi connectivity index (χ2n) is 8.16. The highest BCUT2D eigenvalue weighted by Gasteiger charge is 2.39. The van der Waals surface area contributed by atoms with Crippen molar-refractivity contribution in [3.05, 3.63) is 96.1 Å². The normalized spacial score (nSPS) is 22.3. The van der Waals surface area contributed by atoms with Crippen molar-refractivity contribution in [2.45, 2.75) is 18.4 Å². The van der Waals surface area contributed by atoms with Gasteiger partial charge in [-0.3, -0.25) is 0 Å². The van der Waals surface area contributed by atoms with E-state index in [1.807, 2.05) is 0 Å². The number of methoxy groups -OCH3 is 1. The Balaban J connectivity index is 1.61. The molecule has 1 aliphatic carbocycles. The Morgan fingerprint density at radius 1 is 0.862 bits per heavy atom. The van der Waals surface area contributed by atoms with Crippen LogP contribution in [0.2, 0.25) is 0 Å². The smallest absolute Gasteiger partial charge is 0.119 e. The van der Waals surface area contributed by atoms with Gasteiger partial charge < -0.3 is 10.1 Å². The van der Waals surface area contributed by atoms with Gasteiger partial charge >= 0.3 is 0 Å². The Morgan fingerprint density at radius 2 is 1.59 bits per heavy atom.